The number of anilines is 5. The average molecular weight is 436 g/mol. The van der Waals surface area contributed by atoms with Crippen LogP contribution in [-0.4, -0.2) is 9.97 Å². The molecule has 4 N–H and O–H groups in total. The number of aromatic nitrogens is 2. The van der Waals surface area contributed by atoms with Gasteiger partial charge in [0.05, 0.1) is 16.3 Å². The molecule has 9 heteroatoms. The third kappa shape index (κ3) is 5.33. The van der Waals surface area contributed by atoms with Crippen LogP contribution in [0.25, 0.3) is 0 Å². The summed E-state index contributed by atoms with van der Waals surface area (Å²) in [6.45, 7) is 2.14. The molecule has 0 aliphatic heterocycles. The summed E-state index contributed by atoms with van der Waals surface area (Å²) < 4.78 is 39.0. The molecule has 3 aromatic rings. The van der Waals surface area contributed by atoms with E-state index in [4.69, 9.17) is 17.3 Å². The lowest BCUT2D eigenvalue weighted by Gasteiger charge is -2.15. The van der Waals surface area contributed by atoms with Gasteiger partial charge in [-0.15, -0.1) is 0 Å². The van der Waals surface area contributed by atoms with Crippen molar-refractivity contribution in [3.05, 3.63) is 64.9 Å². The number of halogens is 4. The lowest BCUT2D eigenvalue weighted by molar-refractivity contribution is -0.137. The van der Waals surface area contributed by atoms with Crippen LogP contribution >= 0.6 is 11.6 Å². The van der Waals surface area contributed by atoms with Crippen molar-refractivity contribution in [1.29, 1.82) is 0 Å². The number of aryl methyl sites for hydroxylation is 1. The van der Waals surface area contributed by atoms with Crippen LogP contribution in [0.3, 0.4) is 0 Å². The molecular weight excluding hydrogens is 415 g/mol. The lowest BCUT2D eigenvalue weighted by Crippen LogP contribution is -2.08. The summed E-state index contributed by atoms with van der Waals surface area (Å²) in [5.74, 6) is 0.477. The fourth-order valence-electron chi connectivity index (χ4n) is 2.79. The maximum absolute atomic E-state index is 13.0. The van der Waals surface area contributed by atoms with Gasteiger partial charge in [0.1, 0.15) is 12.0 Å². The number of unbranched alkanes of at least 4 members (excludes halogenated alkanes) is 1. The molecule has 0 atom stereocenters. The standard InChI is InChI=1S/C21H21ClF3N5/c1-2-3-4-13-5-8-15(9-6-13)29-19-18(26)20(28-12-27-19)30-17-11-14(21(23,24)25)7-10-16(17)22/h5-12H,2-4,26H2,1H3,(H2,27,28,29,30). The summed E-state index contributed by atoms with van der Waals surface area (Å²) in [6.07, 6.45) is 0.0343. The molecule has 30 heavy (non-hydrogen) atoms. The molecule has 0 aliphatic rings. The SMILES string of the molecule is CCCCc1ccc(Nc2ncnc(Nc3cc(C(F)(F)F)ccc3Cl)c2N)cc1. The highest BCUT2D eigenvalue weighted by atomic mass is 35.5. The highest BCUT2D eigenvalue weighted by molar-refractivity contribution is 6.33. The number of nitrogen functional groups attached to an aromatic ring is 1. The topological polar surface area (TPSA) is 75.9 Å². The van der Waals surface area contributed by atoms with Gasteiger partial charge in [0, 0.05) is 5.69 Å². The second-order valence-electron chi connectivity index (χ2n) is 6.73. The Morgan fingerprint density at radius 1 is 1.00 bits per heavy atom. The van der Waals surface area contributed by atoms with Gasteiger partial charge in [-0.05, 0) is 48.7 Å². The Morgan fingerprint density at radius 3 is 2.30 bits per heavy atom. The van der Waals surface area contributed by atoms with Crippen LogP contribution in [0.4, 0.5) is 41.9 Å². The van der Waals surface area contributed by atoms with Crippen molar-refractivity contribution in [2.75, 3.05) is 16.4 Å². The van der Waals surface area contributed by atoms with Gasteiger partial charge in [-0.3, -0.25) is 0 Å². The average Bonchev–Trinajstić information content (AvgIpc) is 2.71. The van der Waals surface area contributed by atoms with Crippen molar-refractivity contribution in [3.8, 4) is 0 Å². The Labute approximate surface area is 177 Å². The van der Waals surface area contributed by atoms with Gasteiger partial charge >= 0.3 is 6.18 Å². The molecule has 0 unspecified atom stereocenters. The first-order valence-electron chi connectivity index (χ1n) is 9.38. The zero-order chi connectivity index (χ0) is 21.7. The molecule has 0 amide bonds. The van der Waals surface area contributed by atoms with Crippen LogP contribution in [0.1, 0.15) is 30.9 Å². The summed E-state index contributed by atoms with van der Waals surface area (Å²) in [5.41, 5.74) is 7.52. The van der Waals surface area contributed by atoms with Crippen molar-refractivity contribution in [1.82, 2.24) is 9.97 Å². The van der Waals surface area contributed by atoms with Gasteiger partial charge in [-0.25, -0.2) is 9.97 Å². The zero-order valence-corrected chi connectivity index (χ0v) is 17.0. The summed E-state index contributed by atoms with van der Waals surface area (Å²) >= 11 is 6.04. The second-order valence-corrected chi connectivity index (χ2v) is 7.13. The van der Waals surface area contributed by atoms with E-state index >= 15 is 0 Å². The molecule has 1 heterocycles. The van der Waals surface area contributed by atoms with Crippen LogP contribution < -0.4 is 16.4 Å². The Bertz CT molecular complexity index is 1010. The van der Waals surface area contributed by atoms with E-state index in [1.54, 1.807) is 0 Å². The number of nitrogens with two attached hydrogens (primary N) is 1. The predicted octanol–water partition coefficient (Wildman–Crippen LogP) is 6.56. The second kappa shape index (κ2) is 9.21. The van der Waals surface area contributed by atoms with Gasteiger partial charge in [0.25, 0.3) is 0 Å². The normalized spacial score (nSPS) is 11.4. The summed E-state index contributed by atoms with van der Waals surface area (Å²) in [5, 5.41) is 5.98. The van der Waals surface area contributed by atoms with Gasteiger partial charge in [-0.2, -0.15) is 13.2 Å². The molecule has 0 aliphatic carbocycles. The van der Waals surface area contributed by atoms with Crippen molar-refractivity contribution >= 4 is 40.3 Å². The van der Waals surface area contributed by atoms with Gasteiger partial charge in [0.2, 0.25) is 0 Å². The summed E-state index contributed by atoms with van der Waals surface area (Å²) in [6, 6.07) is 10.9. The van der Waals surface area contributed by atoms with E-state index in [0.29, 0.717) is 5.82 Å². The number of rotatable bonds is 7. The highest BCUT2D eigenvalue weighted by Gasteiger charge is 2.31. The number of nitrogens with zero attached hydrogens (tertiary/aromatic N) is 2. The minimum absolute atomic E-state index is 0.0446. The first-order valence-corrected chi connectivity index (χ1v) is 9.76. The third-order valence-corrected chi connectivity index (χ3v) is 4.80. The van der Waals surface area contributed by atoms with Crippen LogP contribution in [0.2, 0.25) is 5.02 Å². The number of alkyl halides is 3. The number of benzene rings is 2. The quantitative estimate of drug-likeness (QED) is 0.391. The maximum atomic E-state index is 13.0. The van der Waals surface area contributed by atoms with E-state index in [9.17, 15) is 13.2 Å². The van der Waals surface area contributed by atoms with E-state index < -0.39 is 11.7 Å². The highest BCUT2D eigenvalue weighted by Crippen LogP contribution is 2.36. The molecule has 5 nitrogen and oxygen atoms in total. The molecule has 2 aromatic carbocycles. The zero-order valence-electron chi connectivity index (χ0n) is 16.2. The molecule has 1 aromatic heterocycles. The van der Waals surface area contributed by atoms with Crippen molar-refractivity contribution in [2.24, 2.45) is 0 Å². The minimum Gasteiger partial charge on any atom is -0.393 e. The molecule has 0 bridgehead atoms. The van der Waals surface area contributed by atoms with Gasteiger partial charge in [-0.1, -0.05) is 37.1 Å². The lowest BCUT2D eigenvalue weighted by atomic mass is 10.1. The summed E-state index contributed by atoms with van der Waals surface area (Å²) in [7, 11) is 0. The molecule has 0 saturated heterocycles. The summed E-state index contributed by atoms with van der Waals surface area (Å²) in [4.78, 5) is 8.16. The fraction of sp³-hybridized carbons (Fsp3) is 0.238. The number of hydrogen-bond donors (Lipinski definition) is 3. The fourth-order valence-corrected chi connectivity index (χ4v) is 2.96. The first kappa shape index (κ1) is 21.7. The number of nitrogens with one attached hydrogen (secondary N) is 2. The molecule has 0 fully saturated rings. The Hall–Kier alpha value is -3.00. The van der Waals surface area contributed by atoms with Crippen LogP contribution in [0.15, 0.2) is 48.8 Å². The predicted molar refractivity (Wildman–Crippen MR) is 115 cm³/mol. The minimum atomic E-state index is -4.49. The van der Waals surface area contributed by atoms with E-state index in [2.05, 4.69) is 27.5 Å². The van der Waals surface area contributed by atoms with E-state index in [1.165, 1.54) is 18.0 Å². The van der Waals surface area contributed by atoms with Crippen LogP contribution in [0.5, 0.6) is 0 Å². The molecule has 0 radical (unpaired) electrons. The van der Waals surface area contributed by atoms with Crippen LogP contribution in [0, 0.1) is 0 Å². The molecular formula is C21H21ClF3N5. The Kier molecular flexibility index (Phi) is 6.66. The number of hydrogen-bond acceptors (Lipinski definition) is 5. The van der Waals surface area contributed by atoms with Crippen molar-refractivity contribution in [3.63, 3.8) is 0 Å². The first-order chi connectivity index (χ1) is 14.3. The van der Waals surface area contributed by atoms with E-state index in [-0.39, 0.29) is 22.2 Å². The van der Waals surface area contributed by atoms with E-state index in [1.807, 2.05) is 24.3 Å². The molecule has 3 rings (SSSR count). The van der Waals surface area contributed by atoms with Crippen molar-refractivity contribution in [2.45, 2.75) is 32.4 Å². The van der Waals surface area contributed by atoms with E-state index in [0.717, 1.165) is 37.1 Å². The van der Waals surface area contributed by atoms with Gasteiger partial charge in [0.15, 0.2) is 11.6 Å². The molecule has 0 spiro atoms. The smallest absolute Gasteiger partial charge is 0.393 e. The van der Waals surface area contributed by atoms with Crippen LogP contribution in [-0.2, 0) is 12.6 Å². The monoisotopic (exact) mass is 435 g/mol. The molecule has 158 valence electrons. The Morgan fingerprint density at radius 2 is 1.67 bits per heavy atom. The third-order valence-electron chi connectivity index (χ3n) is 4.47. The molecule has 0 saturated carbocycles. The van der Waals surface area contributed by atoms with Gasteiger partial charge < -0.3 is 16.4 Å². The largest absolute Gasteiger partial charge is 0.416 e. The Balaban J connectivity index is 1.80. The maximum Gasteiger partial charge on any atom is 0.416 e. The van der Waals surface area contributed by atoms with Crippen molar-refractivity contribution < 1.29 is 13.2 Å².